The Bertz CT molecular complexity index is 195. The number of aromatic amines is 1. The van der Waals surface area contributed by atoms with E-state index in [9.17, 15) is 0 Å². The lowest BCUT2D eigenvalue weighted by molar-refractivity contribution is -0.701. The van der Waals surface area contributed by atoms with Gasteiger partial charge in [-0.25, -0.2) is 9.55 Å². The van der Waals surface area contributed by atoms with Crippen LogP contribution < -0.4 is 4.57 Å². The lowest BCUT2D eigenvalue weighted by atomic mass is 10.5. The first-order valence-corrected chi connectivity index (χ1v) is 5.02. The number of hydrogen-bond donors (Lipinski definition) is 1. The van der Waals surface area contributed by atoms with Crippen molar-refractivity contribution < 1.29 is 4.57 Å². The van der Waals surface area contributed by atoms with Crippen LogP contribution in [0.3, 0.4) is 0 Å². The van der Waals surface area contributed by atoms with E-state index >= 15 is 0 Å². The molecule has 0 bridgehead atoms. The molecule has 1 N–H and O–H groups in total. The highest BCUT2D eigenvalue weighted by molar-refractivity contribution is 14.1. The number of H-pyrrole nitrogens is 1. The van der Waals surface area contributed by atoms with Gasteiger partial charge in [0.15, 0.2) is 0 Å². The minimum absolute atomic E-state index is 1.06. The summed E-state index contributed by atoms with van der Waals surface area (Å²) in [6.45, 7) is 3.32. The van der Waals surface area contributed by atoms with Gasteiger partial charge in [0.1, 0.15) is 16.8 Å². The van der Waals surface area contributed by atoms with Crippen molar-refractivity contribution >= 4 is 22.6 Å². The van der Waals surface area contributed by atoms with Crippen LogP contribution in [0.2, 0.25) is 0 Å². The molecular weight excluding hydrogens is 239 g/mol. The van der Waals surface area contributed by atoms with Crippen molar-refractivity contribution in [2.75, 3.05) is 0 Å². The van der Waals surface area contributed by atoms with Crippen LogP contribution in [-0.2, 0) is 11.0 Å². The van der Waals surface area contributed by atoms with Crippen LogP contribution >= 0.6 is 22.6 Å². The maximum absolute atomic E-state index is 3.20. The molecule has 1 aromatic heterocycles. The molecule has 0 amide bonds. The Labute approximate surface area is 74.8 Å². The average Bonchev–Trinajstić information content (AvgIpc) is 2.36. The summed E-state index contributed by atoms with van der Waals surface area (Å²) in [6, 6.07) is 0. The number of aromatic nitrogens is 2. The molecule has 0 saturated carbocycles. The molecule has 0 spiro atoms. The van der Waals surface area contributed by atoms with Gasteiger partial charge in [-0.3, -0.25) is 0 Å². The van der Waals surface area contributed by atoms with E-state index in [1.54, 1.807) is 0 Å². The Hall–Kier alpha value is -0.0600. The van der Waals surface area contributed by atoms with Crippen LogP contribution in [0, 0.1) is 0 Å². The molecule has 10 heavy (non-hydrogen) atoms. The predicted molar refractivity (Wildman–Crippen MR) is 49.0 cm³/mol. The number of nitrogens with one attached hydrogen (secondary N) is 1. The zero-order chi connectivity index (χ0) is 7.40. The molecule has 0 aliphatic carbocycles. The third-order valence-corrected chi connectivity index (χ3v) is 2.16. The van der Waals surface area contributed by atoms with E-state index in [2.05, 4.69) is 45.3 Å². The number of aryl methyl sites for hydroxylation is 1. The number of imidazole rings is 1. The van der Waals surface area contributed by atoms with E-state index in [1.807, 2.05) is 6.20 Å². The molecule has 1 rings (SSSR count). The largest absolute Gasteiger partial charge is 0.264 e. The summed E-state index contributed by atoms with van der Waals surface area (Å²) in [4.78, 5) is 3.20. The fraction of sp³-hybridized carbons (Fsp3) is 0.571. The van der Waals surface area contributed by atoms with Crippen LogP contribution in [0.25, 0.3) is 0 Å². The van der Waals surface area contributed by atoms with Crippen molar-refractivity contribution in [3.8, 4) is 0 Å². The molecule has 1 aromatic rings. The summed E-state index contributed by atoms with van der Waals surface area (Å²) in [7, 11) is 0. The maximum Gasteiger partial charge on any atom is 0.264 e. The topological polar surface area (TPSA) is 19.7 Å². The Morgan fingerprint density at radius 2 is 2.50 bits per heavy atom. The lowest BCUT2D eigenvalue weighted by Crippen LogP contribution is -2.35. The summed E-state index contributed by atoms with van der Waals surface area (Å²) in [6.07, 6.45) is 5.29. The zero-order valence-corrected chi connectivity index (χ0v) is 8.26. The van der Waals surface area contributed by atoms with E-state index in [-0.39, 0.29) is 0 Å². The van der Waals surface area contributed by atoms with E-state index in [0.717, 1.165) is 11.0 Å². The van der Waals surface area contributed by atoms with Crippen molar-refractivity contribution in [1.29, 1.82) is 0 Å². The van der Waals surface area contributed by atoms with Gasteiger partial charge >= 0.3 is 0 Å². The molecule has 0 saturated heterocycles. The normalized spacial score (nSPS) is 10.2. The molecule has 2 nitrogen and oxygen atoms in total. The van der Waals surface area contributed by atoms with Crippen LogP contribution in [-0.4, -0.2) is 4.98 Å². The summed E-state index contributed by atoms with van der Waals surface area (Å²) in [5.74, 6) is 1.31. The van der Waals surface area contributed by atoms with Gasteiger partial charge in [-0.05, 0) is 6.42 Å². The Kier molecular flexibility index (Phi) is 3.18. The minimum Gasteiger partial charge on any atom is -0.247 e. The summed E-state index contributed by atoms with van der Waals surface area (Å²) in [5, 5.41) is 0. The Morgan fingerprint density at radius 3 is 3.10 bits per heavy atom. The monoisotopic (exact) mass is 251 g/mol. The first-order valence-electron chi connectivity index (χ1n) is 3.50. The fourth-order valence-electron chi connectivity index (χ4n) is 0.962. The third-order valence-electron chi connectivity index (χ3n) is 1.44. The molecule has 0 aliphatic rings. The van der Waals surface area contributed by atoms with Gasteiger partial charge in [-0.15, -0.1) is 0 Å². The molecule has 0 atom stereocenters. The highest BCUT2D eigenvalue weighted by Gasteiger charge is 2.05. The Morgan fingerprint density at radius 1 is 1.70 bits per heavy atom. The summed E-state index contributed by atoms with van der Waals surface area (Å²) < 4.78 is 3.32. The summed E-state index contributed by atoms with van der Waals surface area (Å²) >= 11 is 2.36. The molecule has 56 valence electrons. The molecule has 0 fully saturated rings. The van der Waals surface area contributed by atoms with Crippen LogP contribution in [0.5, 0.6) is 0 Å². The van der Waals surface area contributed by atoms with E-state index in [1.165, 1.54) is 12.2 Å². The minimum atomic E-state index is 1.06. The van der Waals surface area contributed by atoms with Gasteiger partial charge in [0.05, 0.1) is 6.54 Å². The smallest absolute Gasteiger partial charge is 0.247 e. The number of hydrogen-bond acceptors (Lipinski definition) is 0. The molecule has 0 aromatic carbocycles. The maximum atomic E-state index is 3.20. The van der Waals surface area contributed by atoms with E-state index < -0.39 is 0 Å². The number of alkyl halides is 1. The summed E-state index contributed by atoms with van der Waals surface area (Å²) in [5.41, 5.74) is 0. The third kappa shape index (κ3) is 1.71. The van der Waals surface area contributed by atoms with E-state index in [4.69, 9.17) is 0 Å². The SMILES string of the molecule is CCC[n+]1cc[nH]c1CI. The van der Waals surface area contributed by atoms with Crippen LogP contribution in [0.15, 0.2) is 12.4 Å². The standard InChI is InChI=1S/C7H11IN2/c1-2-4-10-5-3-9-7(10)6-8/h3,5H,2,4,6H2,1H3/p+1. The molecule has 1 heterocycles. The van der Waals surface area contributed by atoms with Crippen LogP contribution in [0.1, 0.15) is 19.2 Å². The van der Waals surface area contributed by atoms with Gasteiger partial charge in [0.2, 0.25) is 0 Å². The van der Waals surface area contributed by atoms with E-state index in [0.29, 0.717) is 0 Å². The predicted octanol–water partition coefficient (Wildman–Crippen LogP) is 1.65. The number of halogens is 1. The van der Waals surface area contributed by atoms with Crippen molar-refractivity contribution in [2.45, 2.75) is 24.3 Å². The highest BCUT2D eigenvalue weighted by Crippen LogP contribution is 1.95. The van der Waals surface area contributed by atoms with Crippen molar-refractivity contribution in [1.82, 2.24) is 4.98 Å². The fourth-order valence-corrected chi connectivity index (χ4v) is 1.62. The molecule has 0 aliphatic heterocycles. The van der Waals surface area contributed by atoms with Gasteiger partial charge in [-0.2, -0.15) is 0 Å². The van der Waals surface area contributed by atoms with Gasteiger partial charge in [-0.1, -0.05) is 29.5 Å². The van der Waals surface area contributed by atoms with Gasteiger partial charge in [0.25, 0.3) is 5.82 Å². The first kappa shape index (κ1) is 8.04. The molecular formula is C7H12IN2+. The van der Waals surface area contributed by atoms with Gasteiger partial charge in [0, 0.05) is 0 Å². The molecule has 0 radical (unpaired) electrons. The van der Waals surface area contributed by atoms with Crippen molar-refractivity contribution in [2.24, 2.45) is 0 Å². The average molecular weight is 251 g/mol. The lowest BCUT2D eigenvalue weighted by Gasteiger charge is -1.93. The zero-order valence-electron chi connectivity index (χ0n) is 6.10. The quantitative estimate of drug-likeness (QED) is 0.478. The number of rotatable bonds is 3. The second-order valence-corrected chi connectivity index (χ2v) is 3.00. The first-order chi connectivity index (χ1) is 4.88. The number of nitrogens with zero attached hydrogens (tertiary/aromatic N) is 1. The van der Waals surface area contributed by atoms with Crippen molar-refractivity contribution in [3.63, 3.8) is 0 Å². The molecule has 0 unspecified atom stereocenters. The van der Waals surface area contributed by atoms with Crippen molar-refractivity contribution in [3.05, 3.63) is 18.2 Å². The Balaban J connectivity index is 2.70. The van der Waals surface area contributed by atoms with Gasteiger partial charge < -0.3 is 0 Å². The van der Waals surface area contributed by atoms with Crippen LogP contribution in [0.4, 0.5) is 0 Å². The molecule has 3 heteroatoms. The second-order valence-electron chi connectivity index (χ2n) is 2.23. The second kappa shape index (κ2) is 3.95. The highest BCUT2D eigenvalue weighted by atomic mass is 127.